The summed E-state index contributed by atoms with van der Waals surface area (Å²) in [6, 6.07) is 0. The van der Waals surface area contributed by atoms with Crippen molar-refractivity contribution >= 4 is 23.3 Å². The van der Waals surface area contributed by atoms with Gasteiger partial charge in [-0.15, -0.1) is 0 Å². The quantitative estimate of drug-likeness (QED) is 0.552. The molecule has 1 fully saturated rings. The fourth-order valence-electron chi connectivity index (χ4n) is 0.758. The third-order valence-electron chi connectivity index (χ3n) is 1.65. The topological polar surface area (TPSA) is 38.3 Å². The molecule has 1 aromatic heterocycles. The van der Waals surface area contributed by atoms with E-state index < -0.39 is 0 Å². The zero-order valence-corrected chi connectivity index (χ0v) is 8.67. The van der Waals surface area contributed by atoms with Gasteiger partial charge in [-0.25, -0.2) is 4.98 Å². The van der Waals surface area contributed by atoms with Crippen molar-refractivity contribution in [1.29, 1.82) is 0 Å². The summed E-state index contributed by atoms with van der Waals surface area (Å²) < 4.78 is 10.4. The minimum absolute atomic E-state index is 0.115. The van der Waals surface area contributed by atoms with Crippen LogP contribution in [0.1, 0.15) is 12.7 Å². The van der Waals surface area contributed by atoms with Crippen LogP contribution in [-0.4, -0.2) is 27.3 Å². The molecule has 5 heteroatoms. The van der Waals surface area contributed by atoms with Gasteiger partial charge in [0.25, 0.3) is 0 Å². The lowest BCUT2D eigenvalue weighted by molar-refractivity contribution is 0.348. The molecule has 0 aromatic carbocycles. The summed E-state index contributed by atoms with van der Waals surface area (Å²) in [5, 5.41) is 0. The van der Waals surface area contributed by atoms with Crippen LogP contribution in [0.25, 0.3) is 0 Å². The van der Waals surface area contributed by atoms with Crippen molar-refractivity contribution in [2.45, 2.75) is 23.8 Å². The van der Waals surface area contributed by atoms with Crippen LogP contribution in [0.2, 0.25) is 0 Å². The fraction of sp³-hybridized carbons (Fsp3) is 0.714. The van der Waals surface area contributed by atoms with Crippen LogP contribution in [-0.2, 0) is 4.74 Å². The number of rotatable bonds is 3. The van der Waals surface area contributed by atoms with E-state index in [2.05, 4.69) is 16.3 Å². The average molecular weight is 202 g/mol. The molecule has 1 atom stereocenters. The maximum Gasteiger partial charge on any atom is 0.170 e. The first-order valence-electron chi connectivity index (χ1n) is 3.75. The van der Waals surface area contributed by atoms with E-state index in [1.807, 2.05) is 6.92 Å². The highest BCUT2D eigenvalue weighted by Crippen LogP contribution is 2.33. The molecule has 66 valence electrons. The molecule has 1 saturated heterocycles. The lowest BCUT2D eigenvalue weighted by Gasteiger charge is -1.99. The second-order valence-electron chi connectivity index (χ2n) is 3.13. The van der Waals surface area contributed by atoms with Crippen molar-refractivity contribution in [1.82, 2.24) is 9.36 Å². The molecule has 2 rings (SSSR count). The van der Waals surface area contributed by atoms with Gasteiger partial charge in [-0.2, -0.15) is 4.37 Å². The van der Waals surface area contributed by atoms with E-state index in [1.54, 1.807) is 11.8 Å². The Morgan fingerprint density at radius 3 is 3.00 bits per heavy atom. The van der Waals surface area contributed by atoms with E-state index >= 15 is 0 Å². The number of thioether (sulfide) groups is 1. The van der Waals surface area contributed by atoms with Gasteiger partial charge >= 0.3 is 0 Å². The van der Waals surface area contributed by atoms with E-state index in [9.17, 15) is 0 Å². The molecule has 12 heavy (non-hydrogen) atoms. The molecule has 0 bridgehead atoms. The van der Waals surface area contributed by atoms with E-state index in [-0.39, 0.29) is 5.60 Å². The molecule has 0 aliphatic carbocycles. The van der Waals surface area contributed by atoms with Crippen LogP contribution in [0, 0.1) is 6.92 Å². The maximum atomic E-state index is 5.26. The molecule has 3 nitrogen and oxygen atoms in total. The Morgan fingerprint density at radius 2 is 2.50 bits per heavy atom. The summed E-state index contributed by atoms with van der Waals surface area (Å²) in [7, 11) is 0. The number of hydrogen-bond donors (Lipinski definition) is 0. The van der Waals surface area contributed by atoms with E-state index in [4.69, 9.17) is 4.74 Å². The highest BCUT2D eigenvalue weighted by atomic mass is 32.2. The average Bonchev–Trinajstić information content (AvgIpc) is 2.60. The Labute approximate surface area is 79.7 Å². The first-order valence-corrected chi connectivity index (χ1v) is 5.51. The summed E-state index contributed by atoms with van der Waals surface area (Å²) >= 11 is 3.19. The first kappa shape index (κ1) is 8.47. The molecule has 0 amide bonds. The van der Waals surface area contributed by atoms with Crippen LogP contribution in [0.3, 0.4) is 0 Å². The zero-order chi connectivity index (χ0) is 8.60. The number of hydrogen-bond acceptors (Lipinski definition) is 5. The molecule has 1 unspecified atom stereocenters. The van der Waals surface area contributed by atoms with Crippen LogP contribution < -0.4 is 0 Å². The minimum atomic E-state index is 0.115. The summed E-state index contributed by atoms with van der Waals surface area (Å²) in [6.45, 7) is 4.92. The van der Waals surface area contributed by atoms with Crippen molar-refractivity contribution in [3.8, 4) is 0 Å². The third-order valence-corrected chi connectivity index (χ3v) is 3.92. The molecule has 2 heterocycles. The fourth-order valence-corrected chi connectivity index (χ4v) is 2.47. The standard InChI is InChI=1S/C7H10N2OS2/c1-5-8-6(12-9-5)11-4-7(2)3-10-7/h3-4H2,1-2H3. The summed E-state index contributed by atoms with van der Waals surface area (Å²) in [6.07, 6.45) is 0. The second kappa shape index (κ2) is 2.97. The van der Waals surface area contributed by atoms with Crippen LogP contribution in [0.5, 0.6) is 0 Å². The Balaban J connectivity index is 1.87. The van der Waals surface area contributed by atoms with Crippen molar-refractivity contribution in [2.24, 2.45) is 0 Å². The number of epoxide rings is 1. The molecule has 0 radical (unpaired) electrons. The number of ether oxygens (including phenoxy) is 1. The SMILES string of the molecule is Cc1nsc(SCC2(C)CO2)n1. The van der Waals surface area contributed by atoms with Crippen molar-refractivity contribution in [3.05, 3.63) is 5.82 Å². The predicted molar refractivity (Wildman–Crippen MR) is 49.7 cm³/mol. The van der Waals surface area contributed by atoms with Gasteiger partial charge in [-0.05, 0) is 25.4 Å². The summed E-state index contributed by atoms with van der Waals surface area (Å²) in [5.41, 5.74) is 0.115. The van der Waals surface area contributed by atoms with Gasteiger partial charge in [0, 0.05) is 5.75 Å². The van der Waals surface area contributed by atoms with Crippen molar-refractivity contribution in [2.75, 3.05) is 12.4 Å². The van der Waals surface area contributed by atoms with Crippen molar-refractivity contribution in [3.63, 3.8) is 0 Å². The van der Waals surface area contributed by atoms with Crippen LogP contribution in [0.4, 0.5) is 0 Å². The largest absolute Gasteiger partial charge is 0.369 e. The van der Waals surface area contributed by atoms with Crippen LogP contribution in [0.15, 0.2) is 4.34 Å². The minimum Gasteiger partial charge on any atom is -0.369 e. The maximum absolute atomic E-state index is 5.26. The first-order chi connectivity index (χ1) is 5.68. The molecule has 0 N–H and O–H groups in total. The molecule has 0 saturated carbocycles. The molecular weight excluding hydrogens is 192 g/mol. The lowest BCUT2D eigenvalue weighted by atomic mass is 10.3. The Hall–Kier alpha value is -0.130. The second-order valence-corrected chi connectivity index (χ2v) is 5.11. The molecule has 1 aliphatic heterocycles. The van der Waals surface area contributed by atoms with Gasteiger partial charge in [-0.3, -0.25) is 0 Å². The van der Waals surface area contributed by atoms with Crippen molar-refractivity contribution < 1.29 is 4.74 Å². The molecular formula is C7H10N2OS2. The molecule has 1 aliphatic rings. The van der Waals surface area contributed by atoms with Gasteiger partial charge in [0.05, 0.1) is 12.2 Å². The lowest BCUT2D eigenvalue weighted by Crippen LogP contribution is -2.07. The predicted octanol–water partition coefficient (Wildman–Crippen LogP) is 1.73. The van der Waals surface area contributed by atoms with Crippen LogP contribution >= 0.6 is 23.3 Å². The van der Waals surface area contributed by atoms with E-state index in [0.717, 1.165) is 22.5 Å². The molecule has 0 spiro atoms. The summed E-state index contributed by atoms with van der Waals surface area (Å²) in [4.78, 5) is 4.26. The third kappa shape index (κ3) is 1.97. The van der Waals surface area contributed by atoms with Gasteiger partial charge in [-0.1, -0.05) is 11.8 Å². The number of aryl methyl sites for hydroxylation is 1. The monoisotopic (exact) mass is 202 g/mol. The number of nitrogens with zero attached hydrogens (tertiary/aromatic N) is 2. The Morgan fingerprint density at radius 1 is 1.75 bits per heavy atom. The van der Waals surface area contributed by atoms with Gasteiger partial charge in [0.15, 0.2) is 4.34 Å². The van der Waals surface area contributed by atoms with Gasteiger partial charge in [0.2, 0.25) is 0 Å². The van der Waals surface area contributed by atoms with E-state index in [1.165, 1.54) is 11.5 Å². The molecule has 1 aromatic rings. The smallest absolute Gasteiger partial charge is 0.170 e. The Kier molecular flexibility index (Phi) is 2.10. The normalized spacial score (nSPS) is 27.5. The highest BCUT2D eigenvalue weighted by Gasteiger charge is 2.39. The van der Waals surface area contributed by atoms with Gasteiger partial charge in [0.1, 0.15) is 5.82 Å². The highest BCUT2D eigenvalue weighted by molar-refractivity contribution is 8.01. The summed E-state index contributed by atoms with van der Waals surface area (Å²) in [5.74, 6) is 1.85. The van der Waals surface area contributed by atoms with Gasteiger partial charge < -0.3 is 4.74 Å². The number of aromatic nitrogens is 2. The Bertz CT molecular complexity index is 283. The zero-order valence-electron chi connectivity index (χ0n) is 7.03. The van der Waals surface area contributed by atoms with E-state index in [0.29, 0.717) is 0 Å².